The first-order valence-electron chi connectivity index (χ1n) is 5.11. The van der Waals surface area contributed by atoms with Gasteiger partial charge in [-0.1, -0.05) is 6.08 Å². The lowest BCUT2D eigenvalue weighted by atomic mass is 9.77. The Morgan fingerprint density at radius 1 is 1.50 bits per heavy atom. The van der Waals surface area contributed by atoms with E-state index in [2.05, 4.69) is 0 Å². The summed E-state index contributed by atoms with van der Waals surface area (Å²) in [6.07, 6.45) is 1.90. The molecule has 0 fully saturated rings. The maximum atomic E-state index is 9.78. The average molecular weight is 200 g/mol. The van der Waals surface area contributed by atoms with E-state index in [-0.39, 0.29) is 5.92 Å². The van der Waals surface area contributed by atoms with Crippen LogP contribution in [0.1, 0.15) is 33.6 Å². The minimum atomic E-state index is -0.762. The fraction of sp³-hybridized carbons (Fsp3) is 0.818. The predicted molar refractivity (Wildman–Crippen MR) is 54.8 cm³/mol. The van der Waals surface area contributed by atoms with Gasteiger partial charge in [-0.3, -0.25) is 0 Å². The van der Waals surface area contributed by atoms with Crippen molar-refractivity contribution in [3.8, 4) is 0 Å². The maximum Gasteiger partial charge on any atom is 0.0778 e. The van der Waals surface area contributed by atoms with Gasteiger partial charge in [-0.2, -0.15) is 0 Å². The molecule has 0 aliphatic heterocycles. The lowest BCUT2D eigenvalue weighted by Gasteiger charge is -2.35. The summed E-state index contributed by atoms with van der Waals surface area (Å²) in [6, 6.07) is 0. The van der Waals surface area contributed by atoms with Crippen LogP contribution in [0.15, 0.2) is 11.6 Å². The Kier molecular flexibility index (Phi) is 3.35. The Labute approximate surface area is 85.1 Å². The van der Waals surface area contributed by atoms with Gasteiger partial charge in [0.05, 0.1) is 17.8 Å². The van der Waals surface area contributed by atoms with Crippen LogP contribution in [0, 0.1) is 5.92 Å². The number of hydrogen-bond acceptors (Lipinski definition) is 3. The highest BCUT2D eigenvalue weighted by Gasteiger charge is 2.33. The van der Waals surface area contributed by atoms with E-state index in [1.807, 2.05) is 6.08 Å². The van der Waals surface area contributed by atoms with Crippen molar-refractivity contribution in [2.24, 2.45) is 5.92 Å². The van der Waals surface area contributed by atoms with Crippen LogP contribution < -0.4 is 0 Å². The van der Waals surface area contributed by atoms with Gasteiger partial charge < -0.3 is 15.3 Å². The van der Waals surface area contributed by atoms with Crippen molar-refractivity contribution in [2.75, 3.05) is 0 Å². The van der Waals surface area contributed by atoms with E-state index >= 15 is 0 Å². The van der Waals surface area contributed by atoms with E-state index in [0.29, 0.717) is 12.0 Å². The zero-order valence-corrected chi connectivity index (χ0v) is 9.07. The van der Waals surface area contributed by atoms with Crippen LogP contribution in [0.3, 0.4) is 0 Å². The molecule has 0 radical (unpaired) electrons. The molecule has 3 N–H and O–H groups in total. The zero-order chi connectivity index (χ0) is 10.9. The second kappa shape index (κ2) is 4.01. The lowest BCUT2D eigenvalue weighted by molar-refractivity contribution is -0.00921. The molecule has 14 heavy (non-hydrogen) atoms. The summed E-state index contributed by atoms with van der Waals surface area (Å²) in [4.78, 5) is 0. The quantitative estimate of drug-likeness (QED) is 0.579. The third-order valence-corrected chi connectivity index (χ3v) is 3.01. The largest absolute Gasteiger partial charge is 0.390 e. The molecule has 3 unspecified atom stereocenters. The van der Waals surface area contributed by atoms with Crippen LogP contribution in [-0.4, -0.2) is 33.1 Å². The molecule has 0 spiro atoms. The van der Waals surface area contributed by atoms with Gasteiger partial charge in [0, 0.05) is 0 Å². The number of aliphatic hydroxyl groups is 3. The number of allylic oxidation sites excluding steroid dienone is 1. The Morgan fingerprint density at radius 2 is 2.07 bits per heavy atom. The van der Waals surface area contributed by atoms with Gasteiger partial charge in [-0.25, -0.2) is 0 Å². The summed E-state index contributed by atoms with van der Waals surface area (Å²) in [5, 5.41) is 28.9. The smallest absolute Gasteiger partial charge is 0.0778 e. The first-order valence-corrected chi connectivity index (χ1v) is 5.11. The van der Waals surface area contributed by atoms with E-state index in [0.717, 1.165) is 6.42 Å². The molecule has 0 aromatic rings. The molecular weight excluding hydrogens is 180 g/mol. The molecule has 3 atom stereocenters. The van der Waals surface area contributed by atoms with Gasteiger partial charge in [-0.05, 0) is 45.1 Å². The zero-order valence-electron chi connectivity index (χ0n) is 9.07. The third-order valence-electron chi connectivity index (χ3n) is 3.01. The topological polar surface area (TPSA) is 60.7 Å². The highest BCUT2D eigenvalue weighted by atomic mass is 16.3. The van der Waals surface area contributed by atoms with Crippen molar-refractivity contribution in [1.29, 1.82) is 0 Å². The van der Waals surface area contributed by atoms with Gasteiger partial charge in [0.15, 0.2) is 0 Å². The van der Waals surface area contributed by atoms with Crippen LogP contribution in [0.5, 0.6) is 0 Å². The molecule has 0 heterocycles. The minimum absolute atomic E-state index is 0.0694. The Morgan fingerprint density at radius 3 is 2.43 bits per heavy atom. The van der Waals surface area contributed by atoms with E-state index in [4.69, 9.17) is 0 Å². The molecule has 0 aromatic heterocycles. The maximum absolute atomic E-state index is 9.78. The molecule has 82 valence electrons. The number of aliphatic hydroxyl groups excluding tert-OH is 2. The standard InChI is InChI=1S/C11H20O3/c1-7(12)9-5-4-8(6-10(9)13)11(2,3)14/h5,7-8,10,12-14H,4,6H2,1-3H3. The molecule has 1 aliphatic rings. The van der Waals surface area contributed by atoms with Crippen LogP contribution in [0.2, 0.25) is 0 Å². The fourth-order valence-corrected chi connectivity index (χ4v) is 1.94. The SMILES string of the molecule is CC(O)C1=CCC(C(C)(C)O)CC1O. The van der Waals surface area contributed by atoms with Crippen molar-refractivity contribution in [3.05, 3.63) is 11.6 Å². The van der Waals surface area contributed by atoms with Crippen LogP contribution >= 0.6 is 0 Å². The van der Waals surface area contributed by atoms with Crippen LogP contribution in [-0.2, 0) is 0 Å². The fourth-order valence-electron chi connectivity index (χ4n) is 1.94. The molecule has 3 heteroatoms. The number of hydrogen-bond donors (Lipinski definition) is 3. The van der Waals surface area contributed by atoms with Crippen molar-refractivity contribution in [2.45, 2.75) is 51.4 Å². The van der Waals surface area contributed by atoms with Gasteiger partial charge >= 0.3 is 0 Å². The molecule has 0 aromatic carbocycles. The predicted octanol–water partition coefficient (Wildman–Crippen LogP) is 0.835. The van der Waals surface area contributed by atoms with Crippen molar-refractivity contribution in [1.82, 2.24) is 0 Å². The van der Waals surface area contributed by atoms with E-state index in [1.165, 1.54) is 0 Å². The summed E-state index contributed by atoms with van der Waals surface area (Å²) in [7, 11) is 0. The Hall–Kier alpha value is -0.380. The summed E-state index contributed by atoms with van der Waals surface area (Å²) < 4.78 is 0. The van der Waals surface area contributed by atoms with Crippen molar-refractivity contribution in [3.63, 3.8) is 0 Å². The van der Waals surface area contributed by atoms with Gasteiger partial charge in [0.2, 0.25) is 0 Å². The molecule has 1 aliphatic carbocycles. The molecular formula is C11H20O3. The molecule has 0 bridgehead atoms. The van der Waals surface area contributed by atoms with Crippen molar-refractivity contribution >= 4 is 0 Å². The third kappa shape index (κ3) is 2.56. The number of rotatable bonds is 2. The first-order chi connectivity index (χ1) is 6.32. The minimum Gasteiger partial charge on any atom is -0.390 e. The summed E-state index contributed by atoms with van der Waals surface area (Å²) >= 11 is 0. The normalized spacial score (nSPS) is 31.1. The molecule has 3 nitrogen and oxygen atoms in total. The van der Waals surface area contributed by atoms with Gasteiger partial charge in [0.25, 0.3) is 0 Å². The molecule has 0 saturated carbocycles. The second-order valence-electron chi connectivity index (χ2n) is 4.72. The van der Waals surface area contributed by atoms with Crippen LogP contribution in [0.4, 0.5) is 0 Å². The molecule has 0 amide bonds. The Balaban J connectivity index is 2.72. The summed E-state index contributed by atoms with van der Waals surface area (Å²) in [6.45, 7) is 5.16. The monoisotopic (exact) mass is 200 g/mol. The van der Waals surface area contributed by atoms with Gasteiger partial charge in [-0.15, -0.1) is 0 Å². The summed E-state index contributed by atoms with van der Waals surface area (Å²) in [5.74, 6) is 0.0694. The molecule has 0 saturated heterocycles. The average Bonchev–Trinajstić information content (AvgIpc) is 2.01. The van der Waals surface area contributed by atoms with Gasteiger partial charge in [0.1, 0.15) is 0 Å². The first kappa shape index (κ1) is 11.7. The van der Waals surface area contributed by atoms with E-state index in [9.17, 15) is 15.3 Å². The summed E-state index contributed by atoms with van der Waals surface area (Å²) in [5.41, 5.74) is -0.0766. The Bertz CT molecular complexity index is 225. The highest BCUT2D eigenvalue weighted by molar-refractivity contribution is 5.17. The lowest BCUT2D eigenvalue weighted by Crippen LogP contribution is -2.37. The second-order valence-corrected chi connectivity index (χ2v) is 4.72. The van der Waals surface area contributed by atoms with Crippen molar-refractivity contribution < 1.29 is 15.3 Å². The van der Waals surface area contributed by atoms with Crippen LogP contribution in [0.25, 0.3) is 0 Å². The molecule has 1 rings (SSSR count). The van der Waals surface area contributed by atoms with E-state index in [1.54, 1.807) is 20.8 Å². The van der Waals surface area contributed by atoms with E-state index < -0.39 is 17.8 Å². The highest BCUT2D eigenvalue weighted by Crippen LogP contribution is 2.32.